The molecular weight excluding hydrogens is 432 g/mol. The zero-order chi connectivity index (χ0) is 22.4. The first-order chi connectivity index (χ1) is 14.9. The van der Waals surface area contributed by atoms with Gasteiger partial charge >= 0.3 is 5.97 Å². The summed E-state index contributed by atoms with van der Waals surface area (Å²) in [5.74, 6) is -0.684. The number of rotatable bonds is 8. The highest BCUT2D eigenvalue weighted by molar-refractivity contribution is 7.82. The number of nitrogens with zero attached hydrogens (tertiary/aromatic N) is 4. The number of hydrogen-bond acceptors (Lipinski definition) is 7. The van der Waals surface area contributed by atoms with Crippen LogP contribution in [0.25, 0.3) is 6.08 Å². The van der Waals surface area contributed by atoms with E-state index in [1.807, 2.05) is 48.5 Å². The predicted octanol–water partition coefficient (Wildman–Crippen LogP) is 5.32. The Hall–Kier alpha value is -3.17. The van der Waals surface area contributed by atoms with Crippen LogP contribution in [0.2, 0.25) is 0 Å². The molecule has 0 aromatic heterocycles. The normalized spacial score (nSPS) is 15.0. The summed E-state index contributed by atoms with van der Waals surface area (Å²) in [6.07, 6.45) is 1.71. The summed E-state index contributed by atoms with van der Waals surface area (Å²) in [5, 5.41) is 17.6. The maximum atomic E-state index is 10.9. The molecule has 9 heteroatoms. The van der Waals surface area contributed by atoms with E-state index in [4.69, 9.17) is 34.3 Å². The van der Waals surface area contributed by atoms with E-state index in [0.29, 0.717) is 11.4 Å². The Balaban J connectivity index is 1.67. The minimum absolute atomic E-state index is 0.0380. The van der Waals surface area contributed by atoms with Gasteiger partial charge in [0.05, 0.1) is 11.4 Å². The van der Waals surface area contributed by atoms with Crippen LogP contribution in [0.1, 0.15) is 19.4 Å². The van der Waals surface area contributed by atoms with Gasteiger partial charge in [-0.3, -0.25) is 9.69 Å². The molecule has 0 bridgehead atoms. The van der Waals surface area contributed by atoms with Gasteiger partial charge in [-0.1, -0.05) is 24.4 Å². The number of anilines is 1. The molecule has 3 rings (SSSR count). The molecule has 1 fully saturated rings. The van der Waals surface area contributed by atoms with E-state index >= 15 is 0 Å². The number of benzene rings is 2. The number of ether oxygens (including phenoxy) is 1. The van der Waals surface area contributed by atoms with Gasteiger partial charge in [0.15, 0.2) is 10.7 Å². The van der Waals surface area contributed by atoms with E-state index in [1.165, 1.54) is 4.90 Å². The van der Waals surface area contributed by atoms with E-state index in [0.717, 1.165) is 30.0 Å². The minimum Gasteiger partial charge on any atom is -0.480 e. The highest BCUT2D eigenvalue weighted by atomic mass is 32.1. The Kier molecular flexibility index (Phi) is 7.43. The first kappa shape index (κ1) is 22.5. The molecule has 1 saturated heterocycles. The second-order valence-corrected chi connectivity index (χ2v) is 7.38. The van der Waals surface area contributed by atoms with E-state index in [2.05, 4.69) is 29.0 Å². The molecular formula is C22H22N4O3S2. The summed E-state index contributed by atoms with van der Waals surface area (Å²) in [5.41, 5.74) is 3.46. The summed E-state index contributed by atoms with van der Waals surface area (Å²) in [7, 11) is 0. The number of hydrogen-bond donors (Lipinski definition) is 1. The summed E-state index contributed by atoms with van der Waals surface area (Å²) in [6.45, 7) is 5.84. The van der Waals surface area contributed by atoms with Gasteiger partial charge in [-0.05, 0) is 74.1 Å². The smallest absolute Gasteiger partial charge is 0.323 e. The van der Waals surface area contributed by atoms with Gasteiger partial charge in [-0.25, -0.2) is 0 Å². The van der Waals surface area contributed by atoms with Crippen molar-refractivity contribution in [1.82, 2.24) is 4.90 Å². The Morgan fingerprint density at radius 1 is 1.03 bits per heavy atom. The lowest BCUT2D eigenvalue weighted by Crippen LogP contribution is -2.32. The van der Waals surface area contributed by atoms with Crippen LogP contribution in [0.3, 0.4) is 0 Å². The first-order valence-corrected chi connectivity index (χ1v) is 10.6. The van der Waals surface area contributed by atoms with Crippen LogP contribution >= 0.6 is 24.4 Å². The molecule has 1 aliphatic heterocycles. The molecule has 1 aliphatic rings. The fraction of sp³-hybridized carbons (Fsp3) is 0.227. The van der Waals surface area contributed by atoms with Crippen LogP contribution in [0, 0.1) is 0 Å². The van der Waals surface area contributed by atoms with Crippen molar-refractivity contribution >= 4 is 63.7 Å². The second kappa shape index (κ2) is 10.2. The number of thiocarbonyl (C=S) groups is 2. The average molecular weight is 455 g/mol. The van der Waals surface area contributed by atoms with Gasteiger partial charge in [0.25, 0.3) is 5.17 Å². The molecule has 0 atom stereocenters. The molecule has 7 nitrogen and oxygen atoms in total. The molecule has 0 amide bonds. The monoisotopic (exact) mass is 454 g/mol. The average Bonchev–Trinajstić information content (AvgIpc) is 3.02. The molecule has 0 spiro atoms. The number of carboxylic acid groups (broad SMARTS) is 1. The third-order valence-corrected chi connectivity index (χ3v) is 5.34. The Labute approximate surface area is 191 Å². The summed E-state index contributed by atoms with van der Waals surface area (Å²) < 4.78 is 5.44. The predicted molar refractivity (Wildman–Crippen MR) is 129 cm³/mol. The summed E-state index contributed by atoms with van der Waals surface area (Å²) in [6, 6.07) is 15.3. The van der Waals surface area contributed by atoms with Crippen LogP contribution in [0.15, 0.2) is 64.5 Å². The number of aliphatic carboxylic acids is 1. The zero-order valence-electron chi connectivity index (χ0n) is 17.2. The van der Waals surface area contributed by atoms with Crippen LogP contribution in [-0.4, -0.2) is 45.8 Å². The van der Waals surface area contributed by atoms with Gasteiger partial charge in [-0.15, -0.1) is 0 Å². The van der Waals surface area contributed by atoms with E-state index in [9.17, 15) is 4.79 Å². The fourth-order valence-electron chi connectivity index (χ4n) is 2.99. The van der Waals surface area contributed by atoms with Crippen molar-refractivity contribution in [3.8, 4) is 0 Å². The highest BCUT2D eigenvalue weighted by Gasteiger charge is 2.31. The van der Waals surface area contributed by atoms with Crippen molar-refractivity contribution in [3.63, 3.8) is 0 Å². The molecule has 1 heterocycles. The van der Waals surface area contributed by atoms with Crippen LogP contribution < -0.4 is 4.90 Å². The number of carboxylic acids is 1. The largest absolute Gasteiger partial charge is 0.480 e. The fourth-order valence-corrected chi connectivity index (χ4v) is 3.55. The molecule has 2 aromatic carbocycles. The van der Waals surface area contributed by atoms with Gasteiger partial charge in [-0.2, -0.15) is 10.2 Å². The molecule has 31 heavy (non-hydrogen) atoms. The van der Waals surface area contributed by atoms with E-state index < -0.39 is 5.97 Å². The van der Waals surface area contributed by atoms with Crippen LogP contribution in [0.4, 0.5) is 17.1 Å². The molecule has 0 saturated carbocycles. The minimum atomic E-state index is -1.04. The maximum Gasteiger partial charge on any atom is 0.323 e. The lowest BCUT2D eigenvalue weighted by molar-refractivity contribution is -0.136. The Morgan fingerprint density at radius 2 is 1.58 bits per heavy atom. The third-order valence-electron chi connectivity index (χ3n) is 4.62. The number of azo groups is 1. The lowest BCUT2D eigenvalue weighted by Gasteiger charge is -2.20. The standard InChI is InChI=1S/C22H22N4O3S2/c1-3-25(4-2)18-11-9-17(10-12-18)24-23-16-7-5-15(6-8-16)13-19-21(30)26(14-20(27)28)22(31)29-19/h5-13H,3-4,14H2,1-2H3,(H,27,28)/b19-13+,24-23+. The maximum absolute atomic E-state index is 10.9. The highest BCUT2D eigenvalue weighted by Crippen LogP contribution is 2.24. The van der Waals surface area contributed by atoms with Gasteiger partial charge in [0.1, 0.15) is 6.54 Å². The molecule has 2 aromatic rings. The lowest BCUT2D eigenvalue weighted by atomic mass is 10.2. The van der Waals surface area contributed by atoms with Crippen molar-refractivity contribution in [1.29, 1.82) is 0 Å². The quantitative estimate of drug-likeness (QED) is 0.329. The van der Waals surface area contributed by atoms with Crippen LogP contribution in [-0.2, 0) is 9.53 Å². The van der Waals surface area contributed by atoms with Crippen molar-refractivity contribution < 1.29 is 14.6 Å². The van der Waals surface area contributed by atoms with Crippen molar-refractivity contribution in [3.05, 3.63) is 59.9 Å². The summed E-state index contributed by atoms with van der Waals surface area (Å²) in [4.78, 5) is 14.7. The van der Waals surface area contributed by atoms with Crippen molar-refractivity contribution in [2.45, 2.75) is 13.8 Å². The summed E-state index contributed by atoms with van der Waals surface area (Å²) >= 11 is 10.3. The van der Waals surface area contributed by atoms with Crippen molar-refractivity contribution in [2.24, 2.45) is 10.2 Å². The number of carbonyl (C=O) groups is 1. The zero-order valence-corrected chi connectivity index (χ0v) is 18.8. The van der Waals surface area contributed by atoms with Crippen LogP contribution in [0.5, 0.6) is 0 Å². The first-order valence-electron chi connectivity index (χ1n) is 9.75. The van der Waals surface area contributed by atoms with Crippen molar-refractivity contribution in [2.75, 3.05) is 24.5 Å². The molecule has 160 valence electrons. The molecule has 0 radical (unpaired) electrons. The van der Waals surface area contributed by atoms with Gasteiger partial charge in [0, 0.05) is 18.8 Å². The molecule has 0 unspecified atom stereocenters. The van der Waals surface area contributed by atoms with E-state index in [1.54, 1.807) is 6.08 Å². The van der Waals surface area contributed by atoms with Gasteiger partial charge < -0.3 is 14.7 Å². The van der Waals surface area contributed by atoms with Gasteiger partial charge in [0.2, 0.25) is 0 Å². The van der Waals surface area contributed by atoms with E-state index in [-0.39, 0.29) is 16.7 Å². The Morgan fingerprint density at radius 3 is 2.10 bits per heavy atom. The molecule has 1 N–H and O–H groups in total. The SMILES string of the molecule is CCN(CC)c1ccc(/N=N/c2ccc(/C=C3/OC(=S)N(CC(=O)O)C3=S)cc2)cc1. The third kappa shape index (κ3) is 5.71. The topological polar surface area (TPSA) is 77.7 Å². The second-order valence-electron chi connectivity index (χ2n) is 6.64. The molecule has 0 aliphatic carbocycles. The Bertz CT molecular complexity index is 1030.